The Kier molecular flexibility index (Phi) is 5.04. The van der Waals surface area contributed by atoms with Crippen LogP contribution in [-0.4, -0.2) is 16.6 Å². The predicted octanol–water partition coefficient (Wildman–Crippen LogP) is 5.03. The number of aromatic nitrogens is 1. The quantitative estimate of drug-likeness (QED) is 0.725. The van der Waals surface area contributed by atoms with Crippen LogP contribution in [0.2, 0.25) is 0 Å². The first-order valence-corrected chi connectivity index (χ1v) is 9.03. The number of hydrogen-bond donors (Lipinski definition) is 0. The summed E-state index contributed by atoms with van der Waals surface area (Å²) in [5.41, 5.74) is 2.45. The second kappa shape index (κ2) is 7.20. The Morgan fingerprint density at radius 3 is 2.70 bits per heavy atom. The molecule has 23 heavy (non-hydrogen) atoms. The summed E-state index contributed by atoms with van der Waals surface area (Å²) in [6.45, 7) is 4.22. The van der Waals surface area contributed by atoms with Gasteiger partial charge in [-0.25, -0.2) is 4.79 Å². The fraction of sp³-hybridized carbons (Fsp3) is 0.550. The highest BCUT2D eigenvalue weighted by molar-refractivity contribution is 5.84. The smallest absolute Gasteiger partial charge is 0.329 e. The van der Waals surface area contributed by atoms with Gasteiger partial charge in [0, 0.05) is 11.7 Å². The lowest BCUT2D eigenvalue weighted by molar-refractivity contribution is -0.154. The van der Waals surface area contributed by atoms with Gasteiger partial charge >= 0.3 is 5.97 Å². The number of esters is 1. The number of carbonyl (C=O) groups excluding carboxylic acids is 1. The molecule has 0 spiro atoms. The molecule has 0 saturated heterocycles. The normalized spacial score (nSPS) is 17.3. The second-order valence-electron chi connectivity index (χ2n) is 6.59. The van der Waals surface area contributed by atoms with Crippen LogP contribution in [0.15, 0.2) is 30.5 Å². The summed E-state index contributed by atoms with van der Waals surface area (Å²) in [5.74, 6) is -0.0727. The van der Waals surface area contributed by atoms with Crippen LogP contribution in [0.5, 0.6) is 0 Å². The Hall–Kier alpha value is -1.77. The third-order valence-electron chi connectivity index (χ3n) is 5.02. The zero-order valence-electron chi connectivity index (χ0n) is 14.3. The Morgan fingerprint density at radius 1 is 1.22 bits per heavy atom. The third-order valence-corrected chi connectivity index (χ3v) is 5.02. The van der Waals surface area contributed by atoms with Crippen molar-refractivity contribution < 1.29 is 9.53 Å². The van der Waals surface area contributed by atoms with Gasteiger partial charge in [-0.15, -0.1) is 0 Å². The van der Waals surface area contributed by atoms with Crippen LogP contribution in [0.3, 0.4) is 0 Å². The molecule has 0 bridgehead atoms. The molecule has 2 aromatic rings. The minimum absolute atomic E-state index is 0.0727. The van der Waals surface area contributed by atoms with Gasteiger partial charge in [0.2, 0.25) is 0 Å². The minimum Gasteiger partial charge on any atom is -0.461 e. The molecule has 0 amide bonds. The maximum absolute atomic E-state index is 12.7. The summed E-state index contributed by atoms with van der Waals surface area (Å²) in [4.78, 5) is 12.7. The summed E-state index contributed by atoms with van der Waals surface area (Å²) < 4.78 is 7.89. The molecule has 1 unspecified atom stereocenters. The number of benzene rings is 1. The topological polar surface area (TPSA) is 31.2 Å². The largest absolute Gasteiger partial charge is 0.461 e. The fourth-order valence-corrected chi connectivity index (χ4v) is 3.61. The third kappa shape index (κ3) is 3.44. The minimum atomic E-state index is -0.220. The van der Waals surface area contributed by atoms with Crippen LogP contribution in [0.4, 0.5) is 0 Å². The molecular formula is C20H27NO2. The van der Waals surface area contributed by atoms with Crippen molar-refractivity contribution in [1.29, 1.82) is 0 Å². The van der Waals surface area contributed by atoms with Gasteiger partial charge in [0.1, 0.15) is 12.1 Å². The van der Waals surface area contributed by atoms with Crippen molar-refractivity contribution in [3.8, 4) is 0 Å². The van der Waals surface area contributed by atoms with Crippen LogP contribution in [0, 0.1) is 0 Å². The molecule has 3 heteroatoms. The monoisotopic (exact) mass is 313 g/mol. The summed E-state index contributed by atoms with van der Waals surface area (Å²) in [6.07, 6.45) is 9.62. The molecule has 0 aliphatic heterocycles. The maximum Gasteiger partial charge on any atom is 0.329 e. The summed E-state index contributed by atoms with van der Waals surface area (Å²) in [7, 11) is 0. The number of nitrogens with zero attached hydrogens (tertiary/aromatic N) is 1. The van der Waals surface area contributed by atoms with E-state index in [1.54, 1.807) is 0 Å². The molecule has 1 aromatic carbocycles. The highest BCUT2D eigenvalue weighted by atomic mass is 16.5. The number of fused-ring (bicyclic) bond motifs is 1. The van der Waals surface area contributed by atoms with Crippen molar-refractivity contribution in [3.63, 3.8) is 0 Å². The van der Waals surface area contributed by atoms with Gasteiger partial charge in [0.05, 0.1) is 0 Å². The molecule has 1 fully saturated rings. The van der Waals surface area contributed by atoms with E-state index >= 15 is 0 Å². The summed E-state index contributed by atoms with van der Waals surface area (Å²) >= 11 is 0. The Labute approximate surface area is 138 Å². The van der Waals surface area contributed by atoms with Gasteiger partial charge in [0.15, 0.2) is 0 Å². The second-order valence-corrected chi connectivity index (χ2v) is 6.59. The van der Waals surface area contributed by atoms with Gasteiger partial charge in [-0.1, -0.05) is 26.3 Å². The summed E-state index contributed by atoms with van der Waals surface area (Å²) in [5, 5.41) is 1.20. The molecule has 1 aliphatic rings. The number of ether oxygens (including phenoxy) is 1. The molecule has 3 nitrogen and oxygen atoms in total. The van der Waals surface area contributed by atoms with E-state index in [1.807, 2.05) is 6.20 Å². The molecule has 1 aliphatic carbocycles. The Balaban J connectivity index is 1.81. The highest BCUT2D eigenvalue weighted by Gasteiger charge is 2.25. The lowest BCUT2D eigenvalue weighted by atomic mass is 9.98. The van der Waals surface area contributed by atoms with Gasteiger partial charge in [-0.05, 0) is 67.7 Å². The first kappa shape index (κ1) is 16.1. The molecular weight excluding hydrogens is 286 g/mol. The van der Waals surface area contributed by atoms with E-state index in [-0.39, 0.29) is 18.1 Å². The highest BCUT2D eigenvalue weighted by Crippen LogP contribution is 2.27. The predicted molar refractivity (Wildman–Crippen MR) is 93.6 cm³/mol. The van der Waals surface area contributed by atoms with E-state index in [0.717, 1.165) is 31.2 Å². The van der Waals surface area contributed by atoms with Crippen molar-refractivity contribution in [1.82, 2.24) is 4.57 Å². The van der Waals surface area contributed by atoms with Gasteiger partial charge in [0.25, 0.3) is 0 Å². The summed E-state index contributed by atoms with van der Waals surface area (Å²) in [6, 6.07) is 8.38. The van der Waals surface area contributed by atoms with Crippen molar-refractivity contribution in [3.05, 3.63) is 36.0 Å². The fourth-order valence-electron chi connectivity index (χ4n) is 3.61. The van der Waals surface area contributed by atoms with Crippen LogP contribution >= 0.6 is 0 Å². The lowest BCUT2D eigenvalue weighted by Crippen LogP contribution is -2.27. The first-order valence-electron chi connectivity index (χ1n) is 9.03. The van der Waals surface area contributed by atoms with Gasteiger partial charge in [-0.2, -0.15) is 0 Å². The molecule has 1 heterocycles. The average molecular weight is 313 g/mol. The zero-order chi connectivity index (χ0) is 16.2. The van der Waals surface area contributed by atoms with Crippen molar-refractivity contribution in [2.24, 2.45) is 0 Å². The molecule has 3 rings (SSSR count). The average Bonchev–Trinajstić information content (AvgIpc) is 2.99. The van der Waals surface area contributed by atoms with Gasteiger partial charge < -0.3 is 9.30 Å². The lowest BCUT2D eigenvalue weighted by Gasteiger charge is -2.25. The number of rotatable bonds is 5. The maximum atomic E-state index is 12.7. The van der Waals surface area contributed by atoms with E-state index in [4.69, 9.17) is 4.74 Å². The molecule has 1 saturated carbocycles. The van der Waals surface area contributed by atoms with E-state index in [1.165, 1.54) is 30.2 Å². The van der Waals surface area contributed by atoms with E-state index in [0.29, 0.717) is 0 Å². The molecule has 0 radical (unpaired) electrons. The van der Waals surface area contributed by atoms with Crippen LogP contribution < -0.4 is 0 Å². The van der Waals surface area contributed by atoms with Crippen molar-refractivity contribution in [2.75, 3.05) is 0 Å². The Bertz CT molecular complexity index is 667. The van der Waals surface area contributed by atoms with Gasteiger partial charge in [-0.3, -0.25) is 0 Å². The molecule has 1 atom stereocenters. The van der Waals surface area contributed by atoms with E-state index in [2.05, 4.69) is 42.7 Å². The van der Waals surface area contributed by atoms with Crippen LogP contribution in [0.25, 0.3) is 10.9 Å². The molecule has 0 N–H and O–H groups in total. The van der Waals surface area contributed by atoms with E-state index < -0.39 is 0 Å². The molecule has 1 aromatic heterocycles. The van der Waals surface area contributed by atoms with Crippen molar-refractivity contribution >= 4 is 16.9 Å². The number of carbonyl (C=O) groups is 1. The number of hydrogen-bond acceptors (Lipinski definition) is 2. The standard InChI is InChI=1S/C20H27NO2/c1-3-15-10-11-19-16(14-15)12-13-21(19)18(4-2)20(22)23-17-8-6-5-7-9-17/h10-14,17-18H,3-9H2,1-2H3. The zero-order valence-corrected chi connectivity index (χ0v) is 14.3. The Morgan fingerprint density at radius 2 is 2.00 bits per heavy atom. The first-order chi connectivity index (χ1) is 11.2. The number of aryl methyl sites for hydroxylation is 1. The van der Waals surface area contributed by atoms with E-state index in [9.17, 15) is 4.79 Å². The van der Waals surface area contributed by atoms with Crippen LogP contribution in [0.1, 0.15) is 64.0 Å². The van der Waals surface area contributed by atoms with Crippen molar-refractivity contribution in [2.45, 2.75) is 70.9 Å². The molecule has 124 valence electrons. The SMILES string of the molecule is CCc1ccc2c(ccn2C(CC)C(=O)OC2CCCCC2)c1. The van der Waals surface area contributed by atoms with Crippen LogP contribution in [-0.2, 0) is 16.0 Å².